The van der Waals surface area contributed by atoms with Gasteiger partial charge in [0.05, 0.1) is 25.4 Å². The monoisotopic (exact) mass is 517 g/mol. The molecular weight excluding hydrogens is 448 g/mol. The Morgan fingerprint density at radius 2 is 0.528 bits per heavy atom. The second-order valence-corrected chi connectivity index (χ2v) is 11.0. The molecule has 2 atom stereocenters. The van der Waals surface area contributed by atoms with Gasteiger partial charge in [-0.05, 0) is 12.8 Å². The van der Waals surface area contributed by atoms with Crippen LogP contribution in [0.5, 0.6) is 0 Å². The van der Waals surface area contributed by atoms with E-state index in [0.29, 0.717) is 0 Å². The molecule has 4 heteroatoms. The van der Waals surface area contributed by atoms with Gasteiger partial charge < -0.3 is 20.4 Å². The van der Waals surface area contributed by atoms with Gasteiger partial charge in [-0.1, -0.05) is 168 Å². The predicted octanol–water partition coefficient (Wildman–Crippen LogP) is 8.86. The SMILES string of the molecule is CCCCCCCCCCCCCCC(O)CO.CCCCCCCCCCCCCCC(O)CO. The Bertz CT molecular complexity index is 330. The van der Waals surface area contributed by atoms with Crippen LogP contribution in [-0.2, 0) is 0 Å². The van der Waals surface area contributed by atoms with E-state index < -0.39 is 12.2 Å². The quantitative estimate of drug-likeness (QED) is 0.0783. The molecule has 0 rings (SSSR count). The minimum atomic E-state index is -0.492. The van der Waals surface area contributed by atoms with Crippen LogP contribution >= 0.6 is 0 Å². The van der Waals surface area contributed by atoms with Gasteiger partial charge in [0.15, 0.2) is 0 Å². The van der Waals surface area contributed by atoms with Gasteiger partial charge in [0.25, 0.3) is 0 Å². The zero-order valence-electron chi connectivity index (χ0n) is 24.7. The van der Waals surface area contributed by atoms with Crippen LogP contribution in [0.15, 0.2) is 0 Å². The van der Waals surface area contributed by atoms with Gasteiger partial charge in [-0.15, -0.1) is 0 Å². The van der Waals surface area contributed by atoms with Gasteiger partial charge in [-0.25, -0.2) is 0 Å². The highest BCUT2D eigenvalue weighted by Gasteiger charge is 2.01. The number of hydrogen-bond donors (Lipinski definition) is 4. The zero-order chi connectivity index (χ0) is 27.0. The molecule has 4 N–H and O–H groups in total. The summed E-state index contributed by atoms with van der Waals surface area (Å²) in [6.45, 7) is 4.36. The van der Waals surface area contributed by atoms with E-state index in [4.69, 9.17) is 20.4 Å². The molecule has 0 radical (unpaired) electrons. The Kier molecular flexibility index (Phi) is 36.8. The van der Waals surface area contributed by atoms with E-state index in [1.165, 1.54) is 141 Å². The molecule has 0 aliphatic carbocycles. The summed E-state index contributed by atoms with van der Waals surface area (Å²) in [5.41, 5.74) is 0. The number of aliphatic hydroxyl groups is 4. The van der Waals surface area contributed by atoms with Crippen molar-refractivity contribution in [2.45, 2.75) is 193 Å². The zero-order valence-corrected chi connectivity index (χ0v) is 24.7. The lowest BCUT2D eigenvalue weighted by atomic mass is 10.0. The Balaban J connectivity index is 0. The lowest BCUT2D eigenvalue weighted by Gasteiger charge is -2.06. The number of unbranched alkanes of at least 4 members (excludes halogenated alkanes) is 22. The van der Waals surface area contributed by atoms with Crippen LogP contribution < -0.4 is 0 Å². The first-order valence-corrected chi connectivity index (χ1v) is 16.2. The largest absolute Gasteiger partial charge is 0.394 e. The van der Waals surface area contributed by atoms with Gasteiger partial charge in [-0.2, -0.15) is 0 Å². The molecule has 0 aliphatic rings. The molecule has 220 valence electrons. The standard InChI is InChI=1S/2C16H34O2/c2*1-2-3-4-5-6-7-8-9-10-11-12-13-14-16(18)15-17/h2*16-18H,2-15H2,1H3. The summed E-state index contributed by atoms with van der Waals surface area (Å²) >= 11 is 0. The number of rotatable bonds is 28. The molecule has 0 amide bonds. The van der Waals surface area contributed by atoms with E-state index in [0.717, 1.165) is 25.7 Å². The molecule has 2 unspecified atom stereocenters. The Morgan fingerprint density at radius 1 is 0.333 bits per heavy atom. The summed E-state index contributed by atoms with van der Waals surface area (Å²) in [7, 11) is 0. The number of hydrogen-bond acceptors (Lipinski definition) is 4. The summed E-state index contributed by atoms with van der Waals surface area (Å²) in [5, 5.41) is 35.7. The van der Waals surface area contributed by atoms with Crippen molar-refractivity contribution in [2.75, 3.05) is 13.2 Å². The first kappa shape index (κ1) is 38.0. The van der Waals surface area contributed by atoms with E-state index in [1.54, 1.807) is 0 Å². The Hall–Kier alpha value is -0.160. The summed E-state index contributed by atoms with van der Waals surface area (Å²) < 4.78 is 0. The molecule has 0 heterocycles. The normalized spacial score (nSPS) is 12.8. The van der Waals surface area contributed by atoms with Crippen molar-refractivity contribution in [3.63, 3.8) is 0 Å². The van der Waals surface area contributed by atoms with E-state index >= 15 is 0 Å². The molecule has 0 aromatic rings. The van der Waals surface area contributed by atoms with Crippen LogP contribution in [-0.4, -0.2) is 45.8 Å². The first-order valence-electron chi connectivity index (χ1n) is 16.2. The van der Waals surface area contributed by atoms with Crippen LogP contribution in [0.2, 0.25) is 0 Å². The van der Waals surface area contributed by atoms with Crippen molar-refractivity contribution in [3.05, 3.63) is 0 Å². The predicted molar refractivity (Wildman–Crippen MR) is 158 cm³/mol. The van der Waals surface area contributed by atoms with E-state index in [2.05, 4.69) is 13.8 Å². The van der Waals surface area contributed by atoms with Crippen LogP contribution in [0, 0.1) is 0 Å². The maximum absolute atomic E-state index is 9.17. The Morgan fingerprint density at radius 3 is 0.722 bits per heavy atom. The van der Waals surface area contributed by atoms with Crippen molar-refractivity contribution in [1.82, 2.24) is 0 Å². The van der Waals surface area contributed by atoms with Gasteiger partial charge in [0, 0.05) is 0 Å². The highest BCUT2D eigenvalue weighted by Crippen LogP contribution is 2.14. The van der Waals surface area contributed by atoms with Crippen LogP contribution in [0.3, 0.4) is 0 Å². The fourth-order valence-corrected chi connectivity index (χ4v) is 4.62. The molecule has 0 bridgehead atoms. The molecule has 0 saturated heterocycles. The summed E-state index contributed by atoms with van der Waals surface area (Å²) in [6, 6.07) is 0. The maximum atomic E-state index is 9.17. The summed E-state index contributed by atoms with van der Waals surface area (Å²) in [6.07, 6.45) is 32.6. The first-order chi connectivity index (χ1) is 17.6. The molecule has 0 aliphatic heterocycles. The minimum absolute atomic E-state index is 0.0853. The van der Waals surface area contributed by atoms with Gasteiger partial charge in [-0.3, -0.25) is 0 Å². The second kappa shape index (κ2) is 34.8. The Labute approximate surface area is 226 Å². The summed E-state index contributed by atoms with van der Waals surface area (Å²) in [5.74, 6) is 0. The molecule has 0 spiro atoms. The molecule has 0 fully saturated rings. The third kappa shape index (κ3) is 36.0. The van der Waals surface area contributed by atoms with Crippen LogP contribution in [0.25, 0.3) is 0 Å². The van der Waals surface area contributed by atoms with Crippen LogP contribution in [0.4, 0.5) is 0 Å². The molecule has 0 aromatic carbocycles. The van der Waals surface area contributed by atoms with E-state index in [9.17, 15) is 0 Å². The molecule has 0 aromatic heterocycles. The summed E-state index contributed by atoms with van der Waals surface area (Å²) in [4.78, 5) is 0. The highest BCUT2D eigenvalue weighted by atomic mass is 16.3. The van der Waals surface area contributed by atoms with Gasteiger partial charge in [0.1, 0.15) is 0 Å². The molecule has 36 heavy (non-hydrogen) atoms. The topological polar surface area (TPSA) is 80.9 Å². The molecular formula is C32H68O4. The fourth-order valence-electron chi connectivity index (χ4n) is 4.62. The van der Waals surface area contributed by atoms with Crippen molar-refractivity contribution in [2.24, 2.45) is 0 Å². The number of aliphatic hydroxyl groups excluding tert-OH is 4. The van der Waals surface area contributed by atoms with Crippen LogP contribution in [0.1, 0.15) is 181 Å². The third-order valence-corrected chi connectivity index (χ3v) is 7.20. The van der Waals surface area contributed by atoms with Gasteiger partial charge in [0.2, 0.25) is 0 Å². The molecule has 0 saturated carbocycles. The fraction of sp³-hybridized carbons (Fsp3) is 1.00. The van der Waals surface area contributed by atoms with Gasteiger partial charge >= 0.3 is 0 Å². The second-order valence-electron chi connectivity index (χ2n) is 11.0. The van der Waals surface area contributed by atoms with Crippen molar-refractivity contribution in [1.29, 1.82) is 0 Å². The van der Waals surface area contributed by atoms with Crippen molar-refractivity contribution < 1.29 is 20.4 Å². The van der Waals surface area contributed by atoms with Crippen molar-refractivity contribution in [3.8, 4) is 0 Å². The smallest absolute Gasteiger partial charge is 0.0770 e. The van der Waals surface area contributed by atoms with E-state index in [-0.39, 0.29) is 13.2 Å². The third-order valence-electron chi connectivity index (χ3n) is 7.20. The maximum Gasteiger partial charge on any atom is 0.0770 e. The van der Waals surface area contributed by atoms with E-state index in [1.807, 2.05) is 0 Å². The molecule has 4 nitrogen and oxygen atoms in total. The minimum Gasteiger partial charge on any atom is -0.394 e. The average molecular weight is 517 g/mol. The lowest BCUT2D eigenvalue weighted by molar-refractivity contribution is 0.0859. The average Bonchev–Trinajstić information content (AvgIpc) is 2.89. The highest BCUT2D eigenvalue weighted by molar-refractivity contribution is 4.55. The van der Waals surface area contributed by atoms with Crippen molar-refractivity contribution >= 4 is 0 Å². The lowest BCUT2D eigenvalue weighted by Crippen LogP contribution is -2.10.